The van der Waals surface area contributed by atoms with Gasteiger partial charge in [0.05, 0.1) is 11.7 Å². The second-order valence-electron chi connectivity index (χ2n) is 12.5. The van der Waals surface area contributed by atoms with Gasteiger partial charge >= 0.3 is 0 Å². The summed E-state index contributed by atoms with van der Waals surface area (Å²) in [6, 6.07) is 0. The zero-order chi connectivity index (χ0) is 25.1. The average molecular weight is 473 g/mol. The number of aliphatic hydroxyl groups is 1. The maximum absolute atomic E-state index is 9.84. The maximum atomic E-state index is 9.84. The largest absolute Gasteiger partial charge is 0.396 e. The van der Waals surface area contributed by atoms with Crippen molar-refractivity contribution >= 4 is 0 Å². The highest BCUT2D eigenvalue weighted by atomic mass is 16.5. The van der Waals surface area contributed by atoms with Crippen LogP contribution in [0.25, 0.3) is 0 Å². The van der Waals surface area contributed by atoms with Crippen molar-refractivity contribution < 1.29 is 14.6 Å². The molecule has 0 aromatic carbocycles. The Morgan fingerprint density at radius 1 is 1.29 bits per heavy atom. The summed E-state index contributed by atoms with van der Waals surface area (Å²) in [4.78, 5) is 0. The summed E-state index contributed by atoms with van der Waals surface area (Å²) in [5.74, 6) is 2.58. The third kappa shape index (κ3) is 5.90. The highest BCUT2D eigenvalue weighted by Gasteiger charge is 2.50. The molecule has 0 bridgehead atoms. The fourth-order valence-corrected chi connectivity index (χ4v) is 7.64. The maximum Gasteiger partial charge on any atom is 0.0821 e. The van der Waals surface area contributed by atoms with E-state index < -0.39 is 0 Å². The van der Waals surface area contributed by atoms with Gasteiger partial charge in [0.15, 0.2) is 0 Å². The lowest BCUT2D eigenvalue weighted by Gasteiger charge is -2.44. The van der Waals surface area contributed by atoms with Gasteiger partial charge in [0.2, 0.25) is 0 Å². The molecule has 0 spiro atoms. The van der Waals surface area contributed by atoms with Crippen molar-refractivity contribution in [1.29, 1.82) is 0 Å². The van der Waals surface area contributed by atoms with Crippen LogP contribution < -0.4 is 0 Å². The van der Waals surface area contributed by atoms with Crippen LogP contribution in [0.5, 0.6) is 0 Å². The molecule has 3 aliphatic rings. The summed E-state index contributed by atoms with van der Waals surface area (Å²) in [6.45, 7) is 16.4. The van der Waals surface area contributed by atoms with Gasteiger partial charge in [0.25, 0.3) is 0 Å². The van der Waals surface area contributed by atoms with Crippen molar-refractivity contribution in [3.63, 3.8) is 0 Å². The van der Waals surface area contributed by atoms with Crippen molar-refractivity contribution in [2.75, 3.05) is 20.8 Å². The van der Waals surface area contributed by atoms with Gasteiger partial charge in [0.1, 0.15) is 0 Å². The Bertz CT molecular complexity index is 776. The molecule has 194 valence electrons. The van der Waals surface area contributed by atoms with Crippen LogP contribution in [0.3, 0.4) is 0 Å². The van der Waals surface area contributed by atoms with Crippen molar-refractivity contribution in [3.8, 4) is 0 Å². The van der Waals surface area contributed by atoms with Gasteiger partial charge in [-0.3, -0.25) is 0 Å². The highest BCUT2D eigenvalue weighted by Crippen LogP contribution is 2.60. The summed E-state index contributed by atoms with van der Waals surface area (Å²) in [5.41, 5.74) is 5.88. The fraction of sp³-hybridized carbons (Fsp3) is 0.806. The number of hydrogen-bond donors (Lipinski definition) is 1. The molecule has 6 atom stereocenters. The number of fused-ring (bicyclic) bond motifs is 1. The van der Waals surface area contributed by atoms with Crippen LogP contribution in [-0.2, 0) is 9.47 Å². The second kappa shape index (κ2) is 11.4. The molecule has 3 fully saturated rings. The van der Waals surface area contributed by atoms with Crippen LogP contribution in [0, 0.1) is 29.1 Å². The van der Waals surface area contributed by atoms with Gasteiger partial charge in [-0.05, 0) is 118 Å². The lowest BCUT2D eigenvalue weighted by atomic mass is 9.60. The van der Waals surface area contributed by atoms with Crippen LogP contribution in [0.1, 0.15) is 98.8 Å². The fourth-order valence-electron chi connectivity index (χ4n) is 7.64. The smallest absolute Gasteiger partial charge is 0.0821 e. The van der Waals surface area contributed by atoms with Crippen LogP contribution in [0.4, 0.5) is 0 Å². The van der Waals surface area contributed by atoms with E-state index in [1.165, 1.54) is 56.1 Å². The number of methoxy groups -OCH3 is 2. The molecule has 3 aliphatic carbocycles. The topological polar surface area (TPSA) is 38.7 Å². The third-order valence-corrected chi connectivity index (χ3v) is 9.95. The van der Waals surface area contributed by atoms with Crippen molar-refractivity contribution in [2.24, 2.45) is 29.1 Å². The Morgan fingerprint density at radius 3 is 2.68 bits per heavy atom. The monoisotopic (exact) mass is 472 g/mol. The van der Waals surface area contributed by atoms with E-state index in [1.807, 2.05) is 7.11 Å². The van der Waals surface area contributed by atoms with Gasteiger partial charge in [-0.25, -0.2) is 0 Å². The first-order valence-electron chi connectivity index (χ1n) is 13.8. The Kier molecular flexibility index (Phi) is 9.31. The van der Waals surface area contributed by atoms with E-state index in [2.05, 4.69) is 47.3 Å². The predicted molar refractivity (Wildman–Crippen MR) is 143 cm³/mol. The third-order valence-electron chi connectivity index (χ3n) is 9.95. The SMILES string of the molecule is C=C1/C(=C(C)\C=C2/CCC[C@@]3(C)C2CCC3[C@H](C)CCCC(C)(C)OC)C[C@@H](CO)C[C@@H]1OC. The zero-order valence-electron chi connectivity index (χ0n) is 23.2. The Balaban J connectivity index is 1.76. The number of ether oxygens (including phenoxy) is 2. The van der Waals surface area contributed by atoms with E-state index in [9.17, 15) is 5.11 Å². The minimum atomic E-state index is -0.00636. The molecule has 3 rings (SSSR count). The molecular formula is C31H52O3. The van der Waals surface area contributed by atoms with E-state index in [0.29, 0.717) is 11.3 Å². The van der Waals surface area contributed by atoms with Gasteiger partial charge in [-0.2, -0.15) is 0 Å². The molecule has 3 saturated carbocycles. The Hall–Kier alpha value is -0.900. The van der Waals surface area contributed by atoms with Crippen LogP contribution in [0.2, 0.25) is 0 Å². The molecule has 2 unspecified atom stereocenters. The lowest BCUT2D eigenvalue weighted by Crippen LogP contribution is -2.36. The number of rotatable bonds is 9. The molecular weight excluding hydrogens is 420 g/mol. The highest BCUT2D eigenvalue weighted by molar-refractivity contribution is 5.43. The van der Waals surface area contributed by atoms with E-state index in [1.54, 1.807) is 12.7 Å². The Morgan fingerprint density at radius 2 is 2.03 bits per heavy atom. The molecule has 0 heterocycles. The van der Waals surface area contributed by atoms with Crippen LogP contribution in [-0.4, -0.2) is 37.6 Å². The van der Waals surface area contributed by atoms with Crippen molar-refractivity contribution in [2.45, 2.75) is 111 Å². The first kappa shape index (κ1) is 27.7. The first-order valence-corrected chi connectivity index (χ1v) is 13.8. The van der Waals surface area contributed by atoms with E-state index in [4.69, 9.17) is 9.47 Å². The lowest BCUT2D eigenvalue weighted by molar-refractivity contribution is 0.0108. The van der Waals surface area contributed by atoms with E-state index in [0.717, 1.165) is 36.7 Å². The van der Waals surface area contributed by atoms with Crippen LogP contribution >= 0.6 is 0 Å². The molecule has 0 radical (unpaired) electrons. The second-order valence-corrected chi connectivity index (χ2v) is 12.5. The van der Waals surface area contributed by atoms with E-state index in [-0.39, 0.29) is 24.2 Å². The number of aliphatic hydroxyl groups excluding tert-OH is 1. The standard InChI is InChI=1S/C31H52O3/c1-21(11-9-15-30(4,5)34-8)27-13-14-28-25(12-10-16-31(27,28)6)17-22(2)26-18-24(20-32)19-29(33-7)23(26)3/h17,21,24,27-29,32H,3,9-16,18-20H2,1-2,4-8H3/b25-17+,26-22-/t21-,24-,27?,28?,29+,31-/m1/s1. The van der Waals surface area contributed by atoms with Crippen LogP contribution in [0.15, 0.2) is 34.9 Å². The predicted octanol–water partition coefficient (Wildman–Crippen LogP) is 7.65. The molecule has 1 N–H and O–H groups in total. The number of allylic oxidation sites excluding steroid dienone is 3. The summed E-state index contributed by atoms with van der Waals surface area (Å²) >= 11 is 0. The summed E-state index contributed by atoms with van der Waals surface area (Å²) in [5, 5.41) is 9.84. The molecule has 0 saturated heterocycles. The molecule has 34 heavy (non-hydrogen) atoms. The number of hydrogen-bond acceptors (Lipinski definition) is 3. The van der Waals surface area contributed by atoms with Gasteiger partial charge in [-0.1, -0.05) is 44.9 Å². The molecule has 0 aromatic heterocycles. The summed E-state index contributed by atoms with van der Waals surface area (Å²) in [7, 11) is 3.60. The van der Waals surface area contributed by atoms with Gasteiger partial charge in [0, 0.05) is 20.8 Å². The zero-order valence-corrected chi connectivity index (χ0v) is 23.2. The molecule has 3 heteroatoms. The minimum absolute atomic E-state index is 0.00636. The summed E-state index contributed by atoms with van der Waals surface area (Å²) < 4.78 is 11.4. The quantitative estimate of drug-likeness (QED) is 0.374. The van der Waals surface area contributed by atoms with Gasteiger partial charge < -0.3 is 14.6 Å². The Labute approximate surface area is 210 Å². The normalized spacial score (nSPS) is 36.0. The van der Waals surface area contributed by atoms with Crippen molar-refractivity contribution in [1.82, 2.24) is 0 Å². The van der Waals surface area contributed by atoms with Crippen molar-refractivity contribution in [3.05, 3.63) is 34.9 Å². The minimum Gasteiger partial charge on any atom is -0.396 e. The summed E-state index contributed by atoms with van der Waals surface area (Å²) in [6.07, 6.45) is 14.7. The molecule has 0 aliphatic heterocycles. The molecule has 3 nitrogen and oxygen atoms in total. The van der Waals surface area contributed by atoms with E-state index >= 15 is 0 Å². The average Bonchev–Trinajstić information content (AvgIpc) is 3.17. The molecule has 0 aromatic rings. The molecule has 0 amide bonds. The first-order chi connectivity index (χ1) is 16.1. The van der Waals surface area contributed by atoms with Gasteiger partial charge in [-0.15, -0.1) is 0 Å².